The Kier molecular flexibility index (Phi) is 3.97. The molecule has 112 valence electrons. The summed E-state index contributed by atoms with van der Waals surface area (Å²) in [6.45, 7) is 2.18. The molecule has 4 heteroatoms. The van der Waals surface area contributed by atoms with Gasteiger partial charge in [0.25, 0.3) is 0 Å². The van der Waals surface area contributed by atoms with E-state index in [0.29, 0.717) is 18.4 Å². The van der Waals surface area contributed by atoms with E-state index in [-0.39, 0.29) is 5.91 Å². The SMILES string of the molecule is CCCC1CC1NC(=O)[C@@H](N)Cc1c[nH]c2ccccc12. The van der Waals surface area contributed by atoms with Crippen LogP contribution in [0.3, 0.4) is 0 Å². The van der Waals surface area contributed by atoms with Crippen molar-refractivity contribution in [3.05, 3.63) is 36.0 Å². The van der Waals surface area contributed by atoms with Gasteiger partial charge in [-0.2, -0.15) is 0 Å². The first-order chi connectivity index (χ1) is 10.2. The molecule has 0 bridgehead atoms. The van der Waals surface area contributed by atoms with Gasteiger partial charge in [-0.1, -0.05) is 31.5 Å². The zero-order valence-electron chi connectivity index (χ0n) is 12.4. The molecule has 2 aromatic rings. The molecule has 1 aromatic carbocycles. The van der Waals surface area contributed by atoms with E-state index >= 15 is 0 Å². The largest absolute Gasteiger partial charge is 0.361 e. The predicted octanol–water partition coefficient (Wildman–Crippen LogP) is 2.34. The lowest BCUT2D eigenvalue weighted by atomic mass is 10.1. The number of hydrogen-bond acceptors (Lipinski definition) is 2. The highest BCUT2D eigenvalue weighted by atomic mass is 16.2. The Morgan fingerprint density at radius 2 is 2.29 bits per heavy atom. The second-order valence-electron chi connectivity index (χ2n) is 6.07. The van der Waals surface area contributed by atoms with E-state index in [9.17, 15) is 4.79 Å². The van der Waals surface area contributed by atoms with Crippen molar-refractivity contribution in [3.63, 3.8) is 0 Å². The van der Waals surface area contributed by atoms with E-state index in [2.05, 4.69) is 23.3 Å². The molecular formula is C17H23N3O. The molecular weight excluding hydrogens is 262 g/mol. The molecule has 4 N–H and O–H groups in total. The highest BCUT2D eigenvalue weighted by Gasteiger charge is 2.37. The quantitative estimate of drug-likeness (QED) is 0.762. The number of aromatic nitrogens is 1. The van der Waals surface area contributed by atoms with E-state index in [1.807, 2.05) is 24.4 Å². The van der Waals surface area contributed by atoms with Crippen LogP contribution in [-0.4, -0.2) is 23.0 Å². The maximum atomic E-state index is 12.2. The number of amides is 1. The summed E-state index contributed by atoms with van der Waals surface area (Å²) in [4.78, 5) is 15.4. The summed E-state index contributed by atoms with van der Waals surface area (Å²) in [5, 5.41) is 4.22. The van der Waals surface area contributed by atoms with Gasteiger partial charge >= 0.3 is 0 Å². The van der Waals surface area contributed by atoms with Crippen molar-refractivity contribution in [2.75, 3.05) is 0 Å². The van der Waals surface area contributed by atoms with Gasteiger partial charge in [-0.05, 0) is 36.8 Å². The lowest BCUT2D eigenvalue weighted by Crippen LogP contribution is -2.43. The Morgan fingerprint density at radius 1 is 1.48 bits per heavy atom. The number of fused-ring (bicyclic) bond motifs is 1. The van der Waals surface area contributed by atoms with Crippen molar-refractivity contribution >= 4 is 16.8 Å². The second-order valence-corrected chi connectivity index (χ2v) is 6.07. The van der Waals surface area contributed by atoms with Gasteiger partial charge in [-0.15, -0.1) is 0 Å². The van der Waals surface area contributed by atoms with Crippen molar-refractivity contribution < 1.29 is 4.79 Å². The highest BCUT2D eigenvalue weighted by Crippen LogP contribution is 2.34. The minimum absolute atomic E-state index is 0.0242. The van der Waals surface area contributed by atoms with Crippen LogP contribution in [0, 0.1) is 5.92 Å². The van der Waals surface area contributed by atoms with Crippen molar-refractivity contribution in [2.24, 2.45) is 11.7 Å². The molecule has 1 fully saturated rings. The number of para-hydroxylation sites is 1. The first-order valence-electron chi connectivity index (χ1n) is 7.80. The number of aromatic amines is 1. The number of hydrogen-bond donors (Lipinski definition) is 3. The lowest BCUT2D eigenvalue weighted by molar-refractivity contribution is -0.122. The van der Waals surface area contributed by atoms with E-state index < -0.39 is 6.04 Å². The fourth-order valence-electron chi connectivity index (χ4n) is 3.03. The summed E-state index contributed by atoms with van der Waals surface area (Å²) in [5.41, 5.74) is 8.26. The topological polar surface area (TPSA) is 70.9 Å². The van der Waals surface area contributed by atoms with Crippen LogP contribution in [0.1, 0.15) is 31.7 Å². The van der Waals surface area contributed by atoms with Crippen LogP contribution in [0.2, 0.25) is 0 Å². The number of carbonyl (C=O) groups is 1. The molecule has 0 radical (unpaired) electrons. The molecule has 3 rings (SSSR count). The third-order valence-electron chi connectivity index (χ3n) is 4.36. The predicted molar refractivity (Wildman–Crippen MR) is 84.9 cm³/mol. The number of benzene rings is 1. The number of rotatable bonds is 6. The van der Waals surface area contributed by atoms with E-state index in [4.69, 9.17) is 5.73 Å². The third-order valence-corrected chi connectivity index (χ3v) is 4.36. The van der Waals surface area contributed by atoms with Crippen molar-refractivity contribution in [1.82, 2.24) is 10.3 Å². The van der Waals surface area contributed by atoms with Gasteiger partial charge in [0.05, 0.1) is 6.04 Å². The van der Waals surface area contributed by atoms with Gasteiger partial charge in [-0.25, -0.2) is 0 Å². The summed E-state index contributed by atoms with van der Waals surface area (Å²) in [7, 11) is 0. The summed E-state index contributed by atoms with van der Waals surface area (Å²) in [5.74, 6) is 0.642. The van der Waals surface area contributed by atoms with E-state index in [1.54, 1.807) is 0 Å². The van der Waals surface area contributed by atoms with Gasteiger partial charge in [0.2, 0.25) is 5.91 Å². The van der Waals surface area contributed by atoms with Gasteiger partial charge in [-0.3, -0.25) is 4.79 Å². The van der Waals surface area contributed by atoms with Gasteiger partial charge in [0.15, 0.2) is 0 Å². The van der Waals surface area contributed by atoms with Gasteiger partial charge in [0.1, 0.15) is 0 Å². The normalized spacial score (nSPS) is 22.2. The molecule has 21 heavy (non-hydrogen) atoms. The van der Waals surface area contributed by atoms with Crippen LogP contribution in [0.5, 0.6) is 0 Å². The molecule has 1 saturated carbocycles. The van der Waals surface area contributed by atoms with E-state index in [1.165, 1.54) is 12.8 Å². The Hall–Kier alpha value is -1.81. The van der Waals surface area contributed by atoms with Crippen LogP contribution in [0.4, 0.5) is 0 Å². The molecule has 2 unspecified atom stereocenters. The minimum Gasteiger partial charge on any atom is -0.361 e. The number of nitrogens with two attached hydrogens (primary N) is 1. The summed E-state index contributed by atoms with van der Waals surface area (Å²) in [6, 6.07) is 7.97. The number of nitrogens with one attached hydrogen (secondary N) is 2. The second kappa shape index (κ2) is 5.90. The molecule has 3 atom stereocenters. The Labute approximate surface area is 125 Å². The fraction of sp³-hybridized carbons (Fsp3) is 0.471. The molecule has 0 saturated heterocycles. The van der Waals surface area contributed by atoms with Crippen LogP contribution in [0.25, 0.3) is 10.9 Å². The summed E-state index contributed by atoms with van der Waals surface area (Å²) in [6.07, 6.45) is 6.01. The average molecular weight is 285 g/mol. The summed E-state index contributed by atoms with van der Waals surface area (Å²) >= 11 is 0. The highest BCUT2D eigenvalue weighted by molar-refractivity contribution is 5.86. The molecule has 0 aliphatic heterocycles. The monoisotopic (exact) mass is 285 g/mol. The molecule has 1 aromatic heterocycles. The van der Waals surface area contributed by atoms with E-state index in [0.717, 1.165) is 22.9 Å². The standard InChI is InChI=1S/C17H23N3O/c1-2-5-11-9-16(11)20-17(21)14(18)8-12-10-19-15-7-4-3-6-13(12)15/h3-4,6-7,10-11,14,16,19H,2,5,8-9,18H2,1H3,(H,20,21)/t11?,14-,16?/m0/s1. The van der Waals surface area contributed by atoms with Crippen molar-refractivity contribution in [3.8, 4) is 0 Å². The minimum atomic E-state index is -0.480. The Bertz CT molecular complexity index is 634. The third kappa shape index (κ3) is 3.10. The lowest BCUT2D eigenvalue weighted by Gasteiger charge is -2.12. The molecule has 1 aliphatic carbocycles. The molecule has 1 aliphatic rings. The number of carbonyl (C=O) groups excluding carboxylic acids is 1. The first-order valence-corrected chi connectivity index (χ1v) is 7.80. The Balaban J connectivity index is 1.58. The molecule has 0 spiro atoms. The van der Waals surface area contributed by atoms with Crippen LogP contribution in [0.15, 0.2) is 30.5 Å². The van der Waals surface area contributed by atoms with Crippen LogP contribution in [-0.2, 0) is 11.2 Å². The fourth-order valence-corrected chi connectivity index (χ4v) is 3.03. The van der Waals surface area contributed by atoms with Crippen LogP contribution < -0.4 is 11.1 Å². The molecule has 1 amide bonds. The van der Waals surface area contributed by atoms with Crippen LogP contribution >= 0.6 is 0 Å². The first kappa shape index (κ1) is 14.1. The number of H-pyrrole nitrogens is 1. The van der Waals surface area contributed by atoms with Crippen molar-refractivity contribution in [1.29, 1.82) is 0 Å². The summed E-state index contributed by atoms with van der Waals surface area (Å²) < 4.78 is 0. The molecule has 1 heterocycles. The maximum Gasteiger partial charge on any atom is 0.237 e. The zero-order chi connectivity index (χ0) is 14.8. The average Bonchev–Trinajstić information content (AvgIpc) is 3.08. The Morgan fingerprint density at radius 3 is 3.10 bits per heavy atom. The van der Waals surface area contributed by atoms with Crippen molar-refractivity contribution in [2.45, 2.75) is 44.7 Å². The van der Waals surface area contributed by atoms with Gasteiger partial charge < -0.3 is 16.0 Å². The zero-order valence-corrected chi connectivity index (χ0v) is 12.4. The van der Waals surface area contributed by atoms with Gasteiger partial charge in [0, 0.05) is 23.1 Å². The molecule has 4 nitrogen and oxygen atoms in total. The maximum absolute atomic E-state index is 12.2. The smallest absolute Gasteiger partial charge is 0.237 e.